The van der Waals surface area contributed by atoms with Crippen LogP contribution in [0.25, 0.3) is 0 Å². The minimum absolute atomic E-state index is 0.104. The first-order chi connectivity index (χ1) is 10.0. The van der Waals surface area contributed by atoms with E-state index in [9.17, 15) is 4.79 Å². The van der Waals surface area contributed by atoms with Gasteiger partial charge in [-0.2, -0.15) is 0 Å². The topological polar surface area (TPSA) is 64.1 Å². The molecule has 1 N–H and O–H groups in total. The molecule has 0 saturated carbocycles. The molecule has 21 heavy (non-hydrogen) atoms. The molecule has 110 valence electrons. The first-order valence-corrected chi connectivity index (χ1v) is 6.86. The lowest BCUT2D eigenvalue weighted by atomic mass is 10.1. The van der Waals surface area contributed by atoms with Gasteiger partial charge in [0.2, 0.25) is 5.28 Å². The lowest BCUT2D eigenvalue weighted by Crippen LogP contribution is -2.06. The number of aromatic nitrogens is 2. The van der Waals surface area contributed by atoms with Crippen molar-refractivity contribution in [3.05, 3.63) is 51.5 Å². The molecule has 0 aliphatic rings. The van der Waals surface area contributed by atoms with Crippen molar-refractivity contribution >= 4 is 34.9 Å². The van der Waals surface area contributed by atoms with Crippen LogP contribution in [0, 0.1) is 6.92 Å². The number of benzene rings is 1. The third-order valence-corrected chi connectivity index (χ3v) is 3.42. The Morgan fingerprint density at radius 3 is 2.81 bits per heavy atom. The number of carbonyl (C=O) groups excluding carboxylic acids is 1. The van der Waals surface area contributed by atoms with Crippen molar-refractivity contribution < 1.29 is 9.53 Å². The largest absolute Gasteiger partial charge is 0.465 e. The Morgan fingerprint density at radius 2 is 2.14 bits per heavy atom. The highest BCUT2D eigenvalue weighted by Crippen LogP contribution is 2.20. The van der Waals surface area contributed by atoms with Crippen molar-refractivity contribution in [1.82, 2.24) is 9.97 Å². The van der Waals surface area contributed by atoms with Gasteiger partial charge in [-0.25, -0.2) is 14.8 Å². The van der Waals surface area contributed by atoms with E-state index < -0.39 is 0 Å². The van der Waals surface area contributed by atoms with E-state index in [4.69, 9.17) is 27.9 Å². The van der Waals surface area contributed by atoms with Gasteiger partial charge in [0.15, 0.2) is 0 Å². The minimum Gasteiger partial charge on any atom is -0.465 e. The maximum atomic E-state index is 11.5. The lowest BCUT2D eigenvalue weighted by Gasteiger charge is -2.11. The maximum Gasteiger partial charge on any atom is 0.337 e. The molecule has 0 radical (unpaired) electrons. The Morgan fingerprint density at radius 1 is 1.38 bits per heavy atom. The molecule has 1 aromatic carbocycles. The van der Waals surface area contributed by atoms with Crippen LogP contribution in [0.3, 0.4) is 0 Å². The zero-order valence-corrected chi connectivity index (χ0v) is 13.0. The Bertz CT molecular complexity index is 677. The van der Waals surface area contributed by atoms with E-state index in [0.29, 0.717) is 22.8 Å². The molecule has 2 aromatic rings. The Balaban J connectivity index is 2.17. The Labute approximate surface area is 132 Å². The average molecular weight is 326 g/mol. The molecular formula is C14H13Cl2N3O2. The number of halogens is 2. The molecule has 0 aliphatic carbocycles. The number of esters is 1. The van der Waals surface area contributed by atoms with E-state index in [2.05, 4.69) is 15.3 Å². The van der Waals surface area contributed by atoms with Gasteiger partial charge in [-0.15, -0.1) is 0 Å². The summed E-state index contributed by atoms with van der Waals surface area (Å²) in [6, 6.07) is 5.28. The third-order valence-electron chi connectivity index (χ3n) is 2.91. The number of ether oxygens (including phenoxy) is 1. The highest BCUT2D eigenvalue weighted by molar-refractivity contribution is 6.32. The summed E-state index contributed by atoms with van der Waals surface area (Å²) < 4.78 is 4.70. The van der Waals surface area contributed by atoms with Crippen molar-refractivity contribution in [3.63, 3.8) is 0 Å². The monoisotopic (exact) mass is 325 g/mol. The number of anilines is 1. The number of carbonyl (C=O) groups is 1. The molecule has 0 unspecified atom stereocenters. The van der Waals surface area contributed by atoms with Crippen LogP contribution in [0.15, 0.2) is 24.4 Å². The van der Waals surface area contributed by atoms with Crippen LogP contribution in [0.2, 0.25) is 10.4 Å². The molecule has 5 nitrogen and oxygen atoms in total. The van der Waals surface area contributed by atoms with Gasteiger partial charge < -0.3 is 10.1 Å². The van der Waals surface area contributed by atoms with Crippen LogP contribution < -0.4 is 5.32 Å². The van der Waals surface area contributed by atoms with Gasteiger partial charge in [-0.3, -0.25) is 0 Å². The molecule has 0 aliphatic heterocycles. The summed E-state index contributed by atoms with van der Waals surface area (Å²) in [5.74, 6) is -0.383. The van der Waals surface area contributed by atoms with Crippen molar-refractivity contribution in [2.45, 2.75) is 13.5 Å². The smallest absolute Gasteiger partial charge is 0.337 e. The van der Waals surface area contributed by atoms with Crippen molar-refractivity contribution in [2.24, 2.45) is 0 Å². The van der Waals surface area contributed by atoms with Crippen LogP contribution in [0.4, 0.5) is 5.69 Å². The quantitative estimate of drug-likeness (QED) is 0.529. The van der Waals surface area contributed by atoms with Crippen LogP contribution in [0.5, 0.6) is 0 Å². The first-order valence-electron chi connectivity index (χ1n) is 6.11. The first kappa shape index (κ1) is 15.5. The number of rotatable bonds is 4. The van der Waals surface area contributed by atoms with E-state index in [0.717, 1.165) is 11.3 Å². The number of hydrogen-bond donors (Lipinski definition) is 1. The minimum atomic E-state index is -0.383. The number of nitrogens with zero attached hydrogens (tertiary/aromatic N) is 2. The summed E-state index contributed by atoms with van der Waals surface area (Å²) >= 11 is 11.6. The van der Waals surface area contributed by atoms with Crippen LogP contribution in [0.1, 0.15) is 21.5 Å². The molecule has 7 heteroatoms. The second kappa shape index (κ2) is 6.74. The zero-order valence-electron chi connectivity index (χ0n) is 11.5. The molecule has 0 spiro atoms. The van der Waals surface area contributed by atoms with Gasteiger partial charge in [0, 0.05) is 24.0 Å². The van der Waals surface area contributed by atoms with Gasteiger partial charge in [0.25, 0.3) is 0 Å². The van der Waals surface area contributed by atoms with Crippen molar-refractivity contribution in [2.75, 3.05) is 12.4 Å². The molecule has 1 heterocycles. The SMILES string of the molecule is COC(=O)c1ccc(C)c(NCc2cnc(Cl)nc2Cl)c1. The van der Waals surface area contributed by atoms with E-state index in [1.807, 2.05) is 13.0 Å². The van der Waals surface area contributed by atoms with Crippen molar-refractivity contribution in [1.29, 1.82) is 0 Å². The van der Waals surface area contributed by atoms with Gasteiger partial charge in [-0.05, 0) is 36.2 Å². The normalized spacial score (nSPS) is 10.3. The number of hydrogen-bond acceptors (Lipinski definition) is 5. The van der Waals surface area contributed by atoms with Gasteiger partial charge >= 0.3 is 5.97 Å². The van der Waals surface area contributed by atoms with Gasteiger partial charge in [-0.1, -0.05) is 17.7 Å². The van der Waals surface area contributed by atoms with Crippen LogP contribution in [-0.4, -0.2) is 23.0 Å². The number of methoxy groups -OCH3 is 1. The second-order valence-corrected chi connectivity index (χ2v) is 5.03. The summed E-state index contributed by atoms with van der Waals surface area (Å²) in [6.45, 7) is 2.35. The fourth-order valence-corrected chi connectivity index (χ4v) is 2.10. The fraction of sp³-hybridized carbons (Fsp3) is 0.214. The van der Waals surface area contributed by atoms with E-state index >= 15 is 0 Å². The van der Waals surface area contributed by atoms with Gasteiger partial charge in [0.1, 0.15) is 5.15 Å². The van der Waals surface area contributed by atoms with Crippen LogP contribution >= 0.6 is 23.2 Å². The summed E-state index contributed by atoms with van der Waals surface area (Å²) in [6.07, 6.45) is 1.56. The molecule has 1 aromatic heterocycles. The number of nitrogens with one attached hydrogen (secondary N) is 1. The molecule has 0 bridgehead atoms. The Kier molecular flexibility index (Phi) is 4.98. The molecule has 0 fully saturated rings. The fourth-order valence-electron chi connectivity index (χ4n) is 1.73. The third kappa shape index (κ3) is 3.83. The Hall–Kier alpha value is -1.85. The van der Waals surface area contributed by atoms with E-state index in [-0.39, 0.29) is 11.3 Å². The lowest BCUT2D eigenvalue weighted by molar-refractivity contribution is 0.0601. The standard InChI is InChI=1S/C14H13Cl2N3O2/c1-8-3-4-9(13(20)21-2)5-11(8)17-6-10-7-18-14(16)19-12(10)15/h3-5,7,17H,6H2,1-2H3. The average Bonchev–Trinajstić information content (AvgIpc) is 2.47. The second-order valence-electron chi connectivity index (χ2n) is 4.33. The maximum absolute atomic E-state index is 11.5. The van der Waals surface area contributed by atoms with Crippen molar-refractivity contribution in [3.8, 4) is 0 Å². The summed E-state index contributed by atoms with van der Waals surface area (Å²) in [4.78, 5) is 19.3. The summed E-state index contributed by atoms with van der Waals surface area (Å²) in [5.41, 5.74) is 2.99. The zero-order chi connectivity index (χ0) is 15.4. The highest BCUT2D eigenvalue weighted by atomic mass is 35.5. The number of aryl methyl sites for hydroxylation is 1. The summed E-state index contributed by atoms with van der Waals surface area (Å²) in [7, 11) is 1.35. The molecule has 0 saturated heterocycles. The predicted molar refractivity (Wildman–Crippen MR) is 81.9 cm³/mol. The van der Waals surface area contributed by atoms with E-state index in [1.54, 1.807) is 18.3 Å². The highest BCUT2D eigenvalue weighted by Gasteiger charge is 2.09. The molecule has 2 rings (SSSR count). The molecule has 0 atom stereocenters. The summed E-state index contributed by atoms with van der Waals surface area (Å²) in [5, 5.41) is 3.59. The van der Waals surface area contributed by atoms with Gasteiger partial charge in [0.05, 0.1) is 12.7 Å². The molecule has 0 amide bonds. The van der Waals surface area contributed by atoms with E-state index in [1.165, 1.54) is 7.11 Å². The molecular weight excluding hydrogens is 313 g/mol. The van der Waals surface area contributed by atoms with Crippen LogP contribution in [-0.2, 0) is 11.3 Å². The predicted octanol–water partition coefficient (Wildman–Crippen LogP) is 3.49.